The molecule has 0 amide bonds. The molecule has 8 nitrogen and oxygen atoms in total. The van der Waals surface area contributed by atoms with Crippen LogP contribution in [0.5, 0.6) is 11.5 Å². The van der Waals surface area contributed by atoms with Crippen LogP contribution in [0.1, 0.15) is 73.1 Å². The highest BCUT2D eigenvalue weighted by Crippen LogP contribution is 2.19. The van der Waals surface area contributed by atoms with E-state index < -0.39 is 11.9 Å². The van der Waals surface area contributed by atoms with Gasteiger partial charge < -0.3 is 9.47 Å². The van der Waals surface area contributed by atoms with E-state index in [2.05, 4.69) is 20.8 Å². The highest BCUT2D eigenvalue weighted by molar-refractivity contribution is 5.89. The van der Waals surface area contributed by atoms with E-state index in [1.807, 2.05) is 0 Å². The molecule has 0 saturated heterocycles. The fourth-order valence-electron chi connectivity index (χ4n) is 2.55. The molecule has 0 aliphatic rings. The Labute approximate surface area is 200 Å². The van der Waals surface area contributed by atoms with Crippen LogP contribution >= 0.6 is 0 Å². The van der Waals surface area contributed by atoms with Gasteiger partial charge in [-0.25, -0.2) is 9.59 Å². The van der Waals surface area contributed by atoms with E-state index in [9.17, 15) is 9.59 Å². The summed E-state index contributed by atoms with van der Waals surface area (Å²) in [7, 11) is 0. The van der Waals surface area contributed by atoms with Crippen LogP contribution < -0.4 is 9.47 Å². The average molecular weight is 473 g/mol. The largest absolute Gasteiger partial charge is 0.494 e. The molecule has 34 heavy (non-hydrogen) atoms. The lowest BCUT2D eigenvalue weighted by Crippen LogP contribution is -2.16. The molecule has 0 heterocycles. The van der Waals surface area contributed by atoms with Gasteiger partial charge in [-0.3, -0.25) is 9.78 Å². The summed E-state index contributed by atoms with van der Waals surface area (Å²) in [4.78, 5) is 43.9. The van der Waals surface area contributed by atoms with Gasteiger partial charge in [0.25, 0.3) is 0 Å². The molecule has 2 aromatic rings. The fourth-order valence-corrected chi connectivity index (χ4v) is 2.55. The van der Waals surface area contributed by atoms with Crippen LogP contribution in [0.4, 0.5) is 0 Å². The topological polar surface area (TPSA) is 89.5 Å². The van der Waals surface area contributed by atoms with E-state index in [0.29, 0.717) is 31.1 Å². The summed E-state index contributed by atoms with van der Waals surface area (Å²) in [5.74, 6) is -0.164. The molecule has 0 bridgehead atoms. The number of hydrogen-bond donors (Lipinski definition) is 0. The molecule has 8 heteroatoms. The van der Waals surface area contributed by atoms with Gasteiger partial charge in [-0.05, 0) is 67.8 Å². The summed E-state index contributed by atoms with van der Waals surface area (Å²) in [5.41, 5.74) is 0.519. The fraction of sp³-hybridized carbons (Fsp3) is 0.385. The standard InChI is InChI=1S/C26H32O8/c1-4-7-18-29-22-14-10-20(11-15-22)25(27)33-31-24(9-6-3)32-34-26(28)21-12-16-23(17-13-21)30-19-8-5-2/h10-17H,3-9,18-19H2,1-2H3. The first-order valence-corrected chi connectivity index (χ1v) is 11.5. The van der Waals surface area contributed by atoms with E-state index in [1.165, 1.54) is 0 Å². The molecule has 184 valence electrons. The van der Waals surface area contributed by atoms with Crippen LogP contribution in [0.15, 0.2) is 48.5 Å². The normalized spacial score (nSPS) is 10.7. The van der Waals surface area contributed by atoms with Crippen LogP contribution in [0.25, 0.3) is 0 Å². The van der Waals surface area contributed by atoms with Crippen LogP contribution in [-0.4, -0.2) is 25.2 Å². The molecular formula is C26H32O8. The number of hydrogen-bond acceptors (Lipinski definition) is 8. The maximum atomic E-state index is 12.2. The van der Waals surface area contributed by atoms with E-state index in [-0.39, 0.29) is 23.8 Å². The van der Waals surface area contributed by atoms with Gasteiger partial charge in [0.05, 0.1) is 24.3 Å². The van der Waals surface area contributed by atoms with Gasteiger partial charge in [0.2, 0.25) is 0 Å². The average Bonchev–Trinajstić information content (AvgIpc) is 2.86. The Morgan fingerprint density at radius 1 is 0.676 bits per heavy atom. The van der Waals surface area contributed by atoms with Crippen molar-refractivity contribution in [2.45, 2.75) is 52.4 Å². The zero-order valence-electron chi connectivity index (χ0n) is 19.7. The van der Waals surface area contributed by atoms with Crippen molar-refractivity contribution in [3.05, 3.63) is 72.9 Å². The van der Waals surface area contributed by atoms with E-state index in [4.69, 9.17) is 29.0 Å². The molecular weight excluding hydrogens is 440 g/mol. The van der Waals surface area contributed by atoms with Crippen molar-refractivity contribution < 1.29 is 38.6 Å². The van der Waals surface area contributed by atoms with Crippen molar-refractivity contribution in [1.29, 1.82) is 0 Å². The Morgan fingerprint density at radius 2 is 1.09 bits per heavy atom. The zero-order valence-corrected chi connectivity index (χ0v) is 19.7. The van der Waals surface area contributed by atoms with Gasteiger partial charge in [0.1, 0.15) is 11.5 Å². The van der Waals surface area contributed by atoms with Crippen molar-refractivity contribution in [3.63, 3.8) is 0 Å². The van der Waals surface area contributed by atoms with E-state index in [0.717, 1.165) is 25.7 Å². The van der Waals surface area contributed by atoms with Crippen LogP contribution in [0.3, 0.4) is 0 Å². The monoisotopic (exact) mass is 472 g/mol. The van der Waals surface area contributed by atoms with Gasteiger partial charge in [-0.15, -0.1) is 9.78 Å². The molecule has 0 unspecified atom stereocenters. The maximum absolute atomic E-state index is 12.2. The molecule has 0 aromatic heterocycles. The molecule has 2 rings (SSSR count). The van der Waals surface area contributed by atoms with E-state index >= 15 is 0 Å². The number of rotatable bonds is 16. The van der Waals surface area contributed by atoms with Gasteiger partial charge in [0, 0.05) is 6.42 Å². The zero-order chi connectivity index (χ0) is 24.6. The second kappa shape index (κ2) is 15.7. The van der Waals surface area contributed by atoms with Crippen molar-refractivity contribution in [2.24, 2.45) is 0 Å². The first-order valence-electron chi connectivity index (χ1n) is 11.5. The summed E-state index contributed by atoms with van der Waals surface area (Å²) in [6.07, 6.45) is 4.26. The van der Waals surface area contributed by atoms with Gasteiger partial charge in [-0.1, -0.05) is 33.6 Å². The summed E-state index contributed by atoms with van der Waals surface area (Å²) in [6.45, 7) is 9.07. The van der Waals surface area contributed by atoms with Crippen molar-refractivity contribution in [3.8, 4) is 11.5 Å². The van der Waals surface area contributed by atoms with Crippen LogP contribution in [0, 0.1) is 13.2 Å². The summed E-state index contributed by atoms with van der Waals surface area (Å²) in [6, 6.07) is 12.9. The predicted molar refractivity (Wildman–Crippen MR) is 125 cm³/mol. The third kappa shape index (κ3) is 9.80. The van der Waals surface area contributed by atoms with Crippen molar-refractivity contribution >= 4 is 11.9 Å². The van der Waals surface area contributed by atoms with E-state index in [1.54, 1.807) is 48.5 Å². The second-order valence-corrected chi connectivity index (χ2v) is 7.34. The highest BCUT2D eigenvalue weighted by Gasteiger charge is 2.21. The number of carbonyl (C=O) groups is 2. The number of unbranched alkanes of at least 4 members (excludes halogenated alkanes) is 2. The highest BCUT2D eigenvalue weighted by atomic mass is 17.3. The third-order valence-corrected chi connectivity index (χ3v) is 4.51. The van der Waals surface area contributed by atoms with Crippen molar-refractivity contribution in [2.75, 3.05) is 13.2 Å². The summed E-state index contributed by atoms with van der Waals surface area (Å²) in [5, 5.41) is 0. The summed E-state index contributed by atoms with van der Waals surface area (Å²) >= 11 is 0. The molecule has 0 atom stereocenters. The first-order chi connectivity index (χ1) is 16.6. The molecule has 0 aliphatic heterocycles. The van der Waals surface area contributed by atoms with Gasteiger partial charge in [0.15, 0.2) is 0 Å². The smallest absolute Gasteiger partial charge is 0.373 e. The summed E-state index contributed by atoms with van der Waals surface area (Å²) < 4.78 is 11.1. The lowest BCUT2D eigenvalue weighted by Gasteiger charge is -2.13. The lowest BCUT2D eigenvalue weighted by molar-refractivity contribution is -0.363. The quantitative estimate of drug-likeness (QED) is 0.166. The minimum atomic E-state index is -0.741. The number of carbonyl (C=O) groups excluding carboxylic acids is 2. The Morgan fingerprint density at radius 3 is 1.44 bits per heavy atom. The van der Waals surface area contributed by atoms with Crippen molar-refractivity contribution in [1.82, 2.24) is 0 Å². The SMILES string of the molecule is [CH2]CC[C](OOC(=O)c1ccc(OCCCC)cc1)OOC(=O)c1ccc(OCCCC)cc1. The molecule has 0 fully saturated rings. The Balaban J connectivity index is 1.80. The van der Waals surface area contributed by atoms with Gasteiger partial charge >= 0.3 is 18.2 Å². The number of ether oxygens (including phenoxy) is 2. The molecule has 2 radical (unpaired) electrons. The number of benzene rings is 2. The Hall–Kier alpha value is -3.10. The second-order valence-electron chi connectivity index (χ2n) is 7.34. The molecule has 0 saturated carbocycles. The van der Waals surface area contributed by atoms with Crippen LogP contribution in [0.2, 0.25) is 0 Å². The molecule has 0 spiro atoms. The van der Waals surface area contributed by atoms with Gasteiger partial charge in [-0.2, -0.15) is 0 Å². The minimum absolute atomic E-state index is 0.148. The Bertz CT molecular complexity index is 779. The molecule has 0 N–H and O–H groups in total. The predicted octanol–water partition coefficient (Wildman–Crippen LogP) is 6.03. The first kappa shape index (κ1) is 27.1. The molecule has 0 aliphatic carbocycles. The minimum Gasteiger partial charge on any atom is -0.494 e. The Kier molecular flexibility index (Phi) is 12.5. The van der Waals surface area contributed by atoms with Crippen LogP contribution in [-0.2, 0) is 19.6 Å². The lowest BCUT2D eigenvalue weighted by atomic mass is 10.2. The maximum Gasteiger partial charge on any atom is 0.373 e. The third-order valence-electron chi connectivity index (χ3n) is 4.51. The molecule has 2 aromatic carbocycles.